The average Bonchev–Trinajstić information content (AvgIpc) is 2.78. The number of hydrogen-bond donors (Lipinski definition) is 0. The van der Waals surface area contributed by atoms with Crippen LogP contribution >= 0.6 is 0 Å². The molecule has 2 heteroatoms. The van der Waals surface area contributed by atoms with Crippen molar-refractivity contribution in [2.24, 2.45) is 0 Å². The lowest BCUT2D eigenvalue weighted by Crippen LogP contribution is -2.29. The first kappa shape index (κ1) is 24.1. The predicted molar refractivity (Wildman–Crippen MR) is 135 cm³/mol. The van der Waals surface area contributed by atoms with Crippen LogP contribution in [0.3, 0.4) is 0 Å². The molecule has 3 rings (SSSR count). The fourth-order valence-electron chi connectivity index (χ4n) is 4.23. The van der Waals surface area contributed by atoms with Crippen molar-refractivity contribution < 1.29 is 9.47 Å². The number of benzene rings is 3. The van der Waals surface area contributed by atoms with Crippen molar-refractivity contribution in [1.82, 2.24) is 0 Å². The van der Waals surface area contributed by atoms with E-state index < -0.39 is 5.60 Å². The van der Waals surface area contributed by atoms with Crippen LogP contribution in [-0.4, -0.2) is 6.61 Å². The van der Waals surface area contributed by atoms with E-state index >= 15 is 0 Å². The highest BCUT2D eigenvalue weighted by atomic mass is 16.5. The fraction of sp³-hybridized carbons (Fsp3) is 0.400. The summed E-state index contributed by atoms with van der Waals surface area (Å²) in [4.78, 5) is 0. The van der Waals surface area contributed by atoms with Crippen LogP contribution in [0, 0.1) is 0 Å². The van der Waals surface area contributed by atoms with Crippen molar-refractivity contribution in [3.63, 3.8) is 0 Å². The van der Waals surface area contributed by atoms with Crippen LogP contribution in [0.5, 0.6) is 11.5 Å². The van der Waals surface area contributed by atoms with E-state index in [1.165, 1.54) is 22.3 Å². The van der Waals surface area contributed by atoms with Crippen LogP contribution in [0.2, 0.25) is 0 Å². The van der Waals surface area contributed by atoms with Gasteiger partial charge in [0.05, 0.1) is 5.60 Å². The van der Waals surface area contributed by atoms with Gasteiger partial charge in [-0.3, -0.25) is 0 Å². The smallest absolute Gasteiger partial charge is 0.127 e. The van der Waals surface area contributed by atoms with Crippen LogP contribution in [0.15, 0.2) is 72.8 Å². The Morgan fingerprint density at radius 1 is 0.750 bits per heavy atom. The van der Waals surface area contributed by atoms with Crippen LogP contribution in [0.1, 0.15) is 82.1 Å². The first-order chi connectivity index (χ1) is 15.3. The molecule has 0 amide bonds. The summed E-state index contributed by atoms with van der Waals surface area (Å²) < 4.78 is 12.6. The van der Waals surface area contributed by atoms with E-state index in [0.717, 1.165) is 30.9 Å². The van der Waals surface area contributed by atoms with E-state index in [1.54, 1.807) is 0 Å². The van der Waals surface area contributed by atoms with Gasteiger partial charge in [-0.25, -0.2) is 0 Å². The summed E-state index contributed by atoms with van der Waals surface area (Å²) in [5, 5.41) is 0. The maximum absolute atomic E-state index is 6.52. The summed E-state index contributed by atoms with van der Waals surface area (Å²) in [6, 6.07) is 25.2. The van der Waals surface area contributed by atoms with Crippen LogP contribution in [0.4, 0.5) is 0 Å². The Labute approximate surface area is 194 Å². The van der Waals surface area contributed by atoms with Gasteiger partial charge in [0.1, 0.15) is 11.5 Å². The summed E-state index contributed by atoms with van der Waals surface area (Å²) in [5.41, 5.74) is 4.90. The van der Waals surface area contributed by atoms with Gasteiger partial charge in [-0.2, -0.15) is 0 Å². The van der Waals surface area contributed by atoms with Gasteiger partial charge >= 0.3 is 0 Å². The molecule has 0 aliphatic carbocycles. The Kier molecular flexibility index (Phi) is 8.15. The molecule has 1 unspecified atom stereocenters. The lowest BCUT2D eigenvalue weighted by Gasteiger charge is -2.32. The van der Waals surface area contributed by atoms with E-state index in [1.807, 2.05) is 36.4 Å². The first-order valence-electron chi connectivity index (χ1n) is 11.9. The fourth-order valence-corrected chi connectivity index (χ4v) is 4.23. The Morgan fingerprint density at radius 2 is 1.44 bits per heavy atom. The summed E-state index contributed by atoms with van der Waals surface area (Å²) in [5.74, 6) is 2.69. The molecule has 2 nitrogen and oxygen atoms in total. The molecule has 0 saturated carbocycles. The van der Waals surface area contributed by atoms with Crippen LogP contribution in [-0.2, 0) is 16.8 Å². The molecule has 0 fully saturated rings. The standard InChI is InChI=1S/C30H38O2/c1-7-18-31-30(6,25-16-17-28(22(2)3)29(20-25)23(4)5)21-24-12-11-15-27(19-24)32-26-13-9-8-10-14-26/h8-17,19-20,22-23H,7,18,21H2,1-6H3. The Hall–Kier alpha value is -2.58. The largest absolute Gasteiger partial charge is 0.457 e. The highest BCUT2D eigenvalue weighted by Crippen LogP contribution is 2.36. The van der Waals surface area contributed by atoms with Gasteiger partial charge in [-0.1, -0.05) is 83.1 Å². The van der Waals surface area contributed by atoms with E-state index in [-0.39, 0.29) is 0 Å². The average molecular weight is 431 g/mol. The minimum atomic E-state index is -0.402. The van der Waals surface area contributed by atoms with Gasteiger partial charge < -0.3 is 9.47 Å². The molecule has 0 heterocycles. The molecule has 0 aliphatic rings. The van der Waals surface area contributed by atoms with Crippen LogP contribution in [0.25, 0.3) is 0 Å². The van der Waals surface area contributed by atoms with Crippen molar-refractivity contribution in [1.29, 1.82) is 0 Å². The molecule has 0 spiro atoms. The van der Waals surface area contributed by atoms with Gasteiger partial charge in [-0.15, -0.1) is 0 Å². The zero-order valence-electron chi connectivity index (χ0n) is 20.5. The molecule has 0 bridgehead atoms. The van der Waals surface area contributed by atoms with E-state index in [4.69, 9.17) is 9.47 Å². The molecule has 0 aromatic heterocycles. The first-order valence-corrected chi connectivity index (χ1v) is 11.9. The second kappa shape index (κ2) is 10.8. The highest BCUT2D eigenvalue weighted by Gasteiger charge is 2.29. The SMILES string of the molecule is CCCOC(C)(Cc1cccc(Oc2ccccc2)c1)c1ccc(C(C)C)c(C(C)C)c1. The molecule has 3 aromatic carbocycles. The zero-order valence-corrected chi connectivity index (χ0v) is 20.5. The lowest BCUT2D eigenvalue weighted by atomic mass is 9.83. The lowest BCUT2D eigenvalue weighted by molar-refractivity contribution is -0.0360. The van der Waals surface area contributed by atoms with Gasteiger partial charge in [0.15, 0.2) is 0 Å². The predicted octanol–water partition coefficient (Wildman–Crippen LogP) is 8.61. The second-order valence-electron chi connectivity index (χ2n) is 9.47. The van der Waals surface area contributed by atoms with Crippen molar-refractivity contribution >= 4 is 0 Å². The van der Waals surface area contributed by atoms with Gasteiger partial charge in [0, 0.05) is 13.0 Å². The zero-order chi connectivity index (χ0) is 23.1. The molecule has 170 valence electrons. The summed E-state index contributed by atoms with van der Waals surface area (Å²) >= 11 is 0. The summed E-state index contributed by atoms with van der Waals surface area (Å²) in [6.07, 6.45) is 1.78. The van der Waals surface area contributed by atoms with E-state index in [9.17, 15) is 0 Å². The minimum absolute atomic E-state index is 0.402. The normalized spacial score (nSPS) is 13.4. The summed E-state index contributed by atoms with van der Waals surface area (Å²) in [7, 11) is 0. The maximum atomic E-state index is 6.52. The molecule has 3 aromatic rings. The molecule has 1 atom stereocenters. The van der Waals surface area contributed by atoms with Crippen molar-refractivity contribution in [3.8, 4) is 11.5 Å². The number of rotatable bonds is 10. The molecular formula is C30H38O2. The van der Waals surface area contributed by atoms with Crippen molar-refractivity contribution in [2.75, 3.05) is 6.61 Å². The van der Waals surface area contributed by atoms with Crippen molar-refractivity contribution in [2.45, 2.75) is 71.8 Å². The third-order valence-corrected chi connectivity index (χ3v) is 5.99. The van der Waals surface area contributed by atoms with Gasteiger partial charge in [-0.05, 0) is 71.7 Å². The topological polar surface area (TPSA) is 18.5 Å². The third-order valence-electron chi connectivity index (χ3n) is 5.99. The van der Waals surface area contributed by atoms with Crippen molar-refractivity contribution in [3.05, 3.63) is 95.1 Å². The maximum Gasteiger partial charge on any atom is 0.127 e. The van der Waals surface area contributed by atoms with Crippen LogP contribution < -0.4 is 4.74 Å². The molecule has 0 aliphatic heterocycles. The number of hydrogen-bond acceptors (Lipinski definition) is 2. The summed E-state index contributed by atoms with van der Waals surface area (Å²) in [6.45, 7) is 14.2. The third kappa shape index (κ3) is 6.01. The van der Waals surface area contributed by atoms with Gasteiger partial charge in [0.25, 0.3) is 0 Å². The molecule has 0 N–H and O–H groups in total. The van der Waals surface area contributed by atoms with E-state index in [0.29, 0.717) is 11.8 Å². The number of para-hydroxylation sites is 1. The quantitative estimate of drug-likeness (QED) is 0.320. The van der Waals surface area contributed by atoms with Gasteiger partial charge in [0.2, 0.25) is 0 Å². The molecule has 32 heavy (non-hydrogen) atoms. The Morgan fingerprint density at radius 3 is 2.09 bits per heavy atom. The highest BCUT2D eigenvalue weighted by molar-refractivity contribution is 5.40. The molecular weight excluding hydrogens is 392 g/mol. The molecule has 0 radical (unpaired) electrons. The minimum Gasteiger partial charge on any atom is -0.457 e. The monoisotopic (exact) mass is 430 g/mol. The second-order valence-corrected chi connectivity index (χ2v) is 9.47. The Bertz CT molecular complexity index is 991. The Balaban J connectivity index is 1.93. The molecule has 0 saturated heterocycles. The van der Waals surface area contributed by atoms with E-state index in [2.05, 4.69) is 77.9 Å². The number of ether oxygens (including phenoxy) is 2.